The average Bonchev–Trinajstić information content (AvgIpc) is 3.53. The Kier molecular flexibility index (Phi) is 11.5. The Hall–Kier alpha value is -1.12. The van der Waals surface area contributed by atoms with E-state index in [0.29, 0.717) is 31.7 Å². The summed E-state index contributed by atoms with van der Waals surface area (Å²) < 4.78 is 14.6. The first-order valence-electron chi connectivity index (χ1n) is 10.2. The number of aliphatic carboxylic acids is 1. The van der Waals surface area contributed by atoms with Crippen LogP contribution >= 0.6 is 37.4 Å². The number of Topliss-reactive ketones (excluding diaryl/α,β-unsaturated/α-hetero) is 1. The van der Waals surface area contributed by atoms with Crippen LogP contribution in [0.1, 0.15) is 37.8 Å². The number of hydrogen-bond acceptors (Lipinski definition) is 5. The highest BCUT2D eigenvalue weighted by molar-refractivity contribution is 7.81. The van der Waals surface area contributed by atoms with Crippen LogP contribution in [0, 0.1) is 11.7 Å². The van der Waals surface area contributed by atoms with E-state index in [-0.39, 0.29) is 54.1 Å². The second-order valence-electron chi connectivity index (χ2n) is 7.88. The topological polar surface area (TPSA) is 60.9 Å². The maximum atomic E-state index is 14.6. The Balaban J connectivity index is 0.00000240. The zero-order chi connectivity index (χ0) is 21.0. The maximum Gasteiger partial charge on any atom is 0.317 e. The number of carbonyl (C=O) groups excluding carboxylic acids is 1. The molecule has 2 fully saturated rings. The first-order valence-corrected chi connectivity index (χ1v) is 10.8. The van der Waals surface area contributed by atoms with E-state index in [0.717, 1.165) is 24.8 Å². The number of ketones is 1. The SMILES string of the molecule is CCN(CC=C1CN(C(C(=O)C2CC2)c2ccccc2F)CCC1S)CC(=O)O.Cl.Cl. The summed E-state index contributed by atoms with van der Waals surface area (Å²) >= 11 is 4.69. The van der Waals surface area contributed by atoms with Crippen LogP contribution in [0.2, 0.25) is 0 Å². The average molecular weight is 493 g/mol. The molecule has 174 valence electrons. The lowest BCUT2D eigenvalue weighted by Gasteiger charge is -2.38. The molecule has 5 nitrogen and oxygen atoms in total. The first kappa shape index (κ1) is 27.9. The van der Waals surface area contributed by atoms with Crippen molar-refractivity contribution in [1.82, 2.24) is 9.80 Å². The van der Waals surface area contributed by atoms with Crippen molar-refractivity contribution in [3.05, 3.63) is 47.3 Å². The molecule has 31 heavy (non-hydrogen) atoms. The quantitative estimate of drug-likeness (QED) is 0.402. The van der Waals surface area contributed by atoms with E-state index < -0.39 is 12.0 Å². The number of rotatable bonds is 9. The lowest BCUT2D eigenvalue weighted by molar-refractivity contribution is -0.138. The van der Waals surface area contributed by atoms with Crippen molar-refractivity contribution in [2.45, 2.75) is 37.5 Å². The molecule has 0 radical (unpaired) electrons. The minimum Gasteiger partial charge on any atom is -0.480 e. The first-order chi connectivity index (χ1) is 13.9. The van der Waals surface area contributed by atoms with Gasteiger partial charge in [0.2, 0.25) is 0 Å². The molecule has 0 spiro atoms. The molecule has 0 amide bonds. The van der Waals surface area contributed by atoms with E-state index >= 15 is 0 Å². The van der Waals surface area contributed by atoms with Gasteiger partial charge in [0, 0.05) is 36.4 Å². The largest absolute Gasteiger partial charge is 0.480 e. The van der Waals surface area contributed by atoms with E-state index in [1.165, 1.54) is 6.07 Å². The second kappa shape index (κ2) is 12.8. The van der Waals surface area contributed by atoms with E-state index in [2.05, 4.69) is 4.90 Å². The van der Waals surface area contributed by atoms with Crippen molar-refractivity contribution in [3.63, 3.8) is 0 Å². The van der Waals surface area contributed by atoms with Crippen LogP contribution in [0.15, 0.2) is 35.9 Å². The highest BCUT2D eigenvalue weighted by Crippen LogP contribution is 2.39. The monoisotopic (exact) mass is 492 g/mol. The van der Waals surface area contributed by atoms with Crippen molar-refractivity contribution in [2.75, 3.05) is 32.7 Å². The molecule has 2 aliphatic rings. The molecule has 3 rings (SSSR count). The van der Waals surface area contributed by atoms with Gasteiger partial charge in [-0.3, -0.25) is 19.4 Å². The Labute approximate surface area is 201 Å². The number of likely N-dealkylation sites (tertiary alicyclic amines) is 1. The highest BCUT2D eigenvalue weighted by atomic mass is 35.5. The Morgan fingerprint density at radius 2 is 1.97 bits per heavy atom. The third-order valence-corrected chi connectivity index (χ3v) is 6.33. The molecule has 2 atom stereocenters. The fourth-order valence-electron chi connectivity index (χ4n) is 3.87. The molecule has 0 aromatic heterocycles. The predicted molar refractivity (Wildman–Crippen MR) is 128 cm³/mol. The minimum atomic E-state index is -0.854. The summed E-state index contributed by atoms with van der Waals surface area (Å²) in [6, 6.07) is 5.97. The van der Waals surface area contributed by atoms with Gasteiger partial charge < -0.3 is 5.11 Å². The van der Waals surface area contributed by atoms with Crippen molar-refractivity contribution in [2.24, 2.45) is 5.92 Å². The normalized spacial score (nSPS) is 21.3. The van der Waals surface area contributed by atoms with E-state index in [4.69, 9.17) is 17.7 Å². The van der Waals surface area contributed by atoms with Crippen LogP contribution in [0.5, 0.6) is 0 Å². The molecule has 9 heteroatoms. The lowest BCUT2D eigenvalue weighted by atomic mass is 9.93. The Bertz CT molecular complexity index is 792. The summed E-state index contributed by atoms with van der Waals surface area (Å²) in [7, 11) is 0. The van der Waals surface area contributed by atoms with Crippen molar-refractivity contribution in [3.8, 4) is 0 Å². The van der Waals surface area contributed by atoms with Gasteiger partial charge in [0.15, 0.2) is 5.78 Å². The van der Waals surface area contributed by atoms with Gasteiger partial charge in [0.05, 0.1) is 12.6 Å². The van der Waals surface area contributed by atoms with E-state index in [1.54, 1.807) is 18.2 Å². The number of carbonyl (C=O) groups is 2. The summed E-state index contributed by atoms with van der Waals surface area (Å²) in [6.45, 7) is 4.28. The third-order valence-electron chi connectivity index (χ3n) is 5.74. The summed E-state index contributed by atoms with van der Waals surface area (Å²) in [5.41, 5.74) is 1.51. The molecular weight excluding hydrogens is 462 g/mol. The summed E-state index contributed by atoms with van der Waals surface area (Å²) in [5, 5.41) is 9.09. The molecule has 1 heterocycles. The maximum absolute atomic E-state index is 14.6. The summed E-state index contributed by atoms with van der Waals surface area (Å²) in [4.78, 5) is 28.0. The number of benzene rings is 1. The van der Waals surface area contributed by atoms with Crippen molar-refractivity contribution in [1.29, 1.82) is 0 Å². The Morgan fingerprint density at radius 1 is 1.29 bits per heavy atom. The summed E-state index contributed by atoms with van der Waals surface area (Å²) in [5.74, 6) is -1.06. The predicted octanol–water partition coefficient (Wildman–Crippen LogP) is 4.03. The van der Waals surface area contributed by atoms with Crippen molar-refractivity contribution >= 4 is 49.2 Å². The summed E-state index contributed by atoms with van der Waals surface area (Å²) in [6.07, 6.45) is 4.56. The lowest BCUT2D eigenvalue weighted by Crippen LogP contribution is -2.43. The number of thiol groups is 1. The fourth-order valence-corrected chi connectivity index (χ4v) is 4.18. The number of likely N-dealkylation sites (N-methyl/N-ethyl adjacent to an activating group) is 1. The molecule has 1 aliphatic heterocycles. The molecule has 1 N–H and O–H groups in total. The van der Waals surface area contributed by atoms with Crippen LogP contribution in [0.3, 0.4) is 0 Å². The van der Waals surface area contributed by atoms with Crippen LogP contribution in [-0.4, -0.2) is 64.6 Å². The smallest absolute Gasteiger partial charge is 0.317 e. The molecular formula is C22H31Cl2FN2O3S. The number of halogens is 3. The second-order valence-corrected chi connectivity index (χ2v) is 8.50. The molecule has 0 bridgehead atoms. The van der Waals surface area contributed by atoms with Crippen LogP contribution < -0.4 is 0 Å². The standard InChI is InChI=1S/C22H29FN2O3S.2ClH/c1-2-24(14-20(26)27)11-9-16-13-25(12-10-19(16)29)21(22(28)15-7-8-15)17-5-3-4-6-18(17)23;;/h3-6,9,15,19,21,29H,2,7-8,10-14H2,1H3,(H,26,27);2*1H. The number of piperidine rings is 1. The van der Waals surface area contributed by atoms with Gasteiger partial charge in [-0.05, 0) is 37.4 Å². The molecule has 1 saturated heterocycles. The number of carboxylic acids is 1. The van der Waals surface area contributed by atoms with Gasteiger partial charge in [-0.2, -0.15) is 12.6 Å². The minimum absolute atomic E-state index is 0. The molecule has 2 unspecified atom stereocenters. The van der Waals surface area contributed by atoms with E-state index in [9.17, 15) is 14.0 Å². The van der Waals surface area contributed by atoms with Gasteiger partial charge in [0.1, 0.15) is 5.82 Å². The van der Waals surface area contributed by atoms with Gasteiger partial charge in [0.25, 0.3) is 0 Å². The van der Waals surface area contributed by atoms with Gasteiger partial charge in [-0.1, -0.05) is 31.2 Å². The van der Waals surface area contributed by atoms with Gasteiger partial charge in [-0.25, -0.2) is 4.39 Å². The van der Waals surface area contributed by atoms with Gasteiger partial charge >= 0.3 is 5.97 Å². The zero-order valence-corrected chi connectivity index (χ0v) is 20.1. The van der Waals surface area contributed by atoms with Crippen LogP contribution in [0.25, 0.3) is 0 Å². The van der Waals surface area contributed by atoms with Gasteiger partial charge in [-0.15, -0.1) is 24.8 Å². The number of nitrogens with zero attached hydrogens (tertiary/aromatic N) is 2. The highest BCUT2D eigenvalue weighted by Gasteiger charge is 2.40. The molecule has 1 saturated carbocycles. The third kappa shape index (κ3) is 7.46. The fraction of sp³-hybridized carbons (Fsp3) is 0.545. The molecule has 1 aromatic rings. The molecule has 1 aromatic carbocycles. The van der Waals surface area contributed by atoms with Crippen LogP contribution in [-0.2, 0) is 9.59 Å². The number of hydrogen-bond donors (Lipinski definition) is 2. The molecule has 1 aliphatic carbocycles. The number of carboxylic acid groups (broad SMARTS) is 1. The Morgan fingerprint density at radius 3 is 2.55 bits per heavy atom. The van der Waals surface area contributed by atoms with Crippen LogP contribution in [0.4, 0.5) is 4.39 Å². The zero-order valence-electron chi connectivity index (χ0n) is 17.6. The van der Waals surface area contributed by atoms with E-state index in [1.807, 2.05) is 17.9 Å². The van der Waals surface area contributed by atoms with Crippen molar-refractivity contribution < 1.29 is 19.1 Å².